The Balaban J connectivity index is 1.86. The second-order valence-corrected chi connectivity index (χ2v) is 19.3. The van der Waals surface area contributed by atoms with Gasteiger partial charge in [-0.2, -0.15) is 0 Å². The second kappa shape index (κ2) is 15.5. The van der Waals surface area contributed by atoms with Crippen molar-refractivity contribution in [1.82, 2.24) is 20.9 Å². The normalized spacial score (nSPS) is 23.9. The predicted octanol–water partition coefficient (Wildman–Crippen LogP) is 3.47. The van der Waals surface area contributed by atoms with E-state index in [4.69, 9.17) is 5.73 Å². The molecule has 2 unspecified atom stereocenters. The van der Waals surface area contributed by atoms with E-state index in [1.807, 2.05) is 55.4 Å². The highest BCUT2D eigenvalue weighted by Gasteiger charge is 2.48. The summed E-state index contributed by atoms with van der Waals surface area (Å²) in [6, 6.07) is -3.68. The molecule has 0 radical (unpaired) electrons. The molecule has 48 heavy (non-hydrogen) atoms. The van der Waals surface area contributed by atoms with Crippen LogP contribution in [0.5, 0.6) is 0 Å². The molecule has 0 aromatic carbocycles. The van der Waals surface area contributed by atoms with Gasteiger partial charge >= 0.3 is 6.03 Å². The number of nitrogens with zero attached hydrogens (tertiary/aromatic N) is 1. The van der Waals surface area contributed by atoms with Gasteiger partial charge in [0.05, 0.1) is 23.1 Å². The van der Waals surface area contributed by atoms with Crippen LogP contribution in [-0.4, -0.2) is 84.6 Å². The lowest BCUT2D eigenvalue weighted by molar-refractivity contribution is -0.151. The quantitative estimate of drug-likeness (QED) is 0.201. The number of piperidine rings is 1. The van der Waals surface area contributed by atoms with Crippen LogP contribution in [0.25, 0.3) is 0 Å². The van der Waals surface area contributed by atoms with Crippen molar-refractivity contribution in [3.8, 4) is 0 Å². The van der Waals surface area contributed by atoms with Gasteiger partial charge in [0.2, 0.25) is 17.6 Å². The van der Waals surface area contributed by atoms with Crippen LogP contribution in [-0.2, 0) is 29.0 Å². The topological polar surface area (TPSA) is 185 Å². The van der Waals surface area contributed by atoms with Gasteiger partial charge in [-0.15, -0.1) is 0 Å². The molecule has 1 aliphatic heterocycles. The number of amides is 5. The van der Waals surface area contributed by atoms with Crippen molar-refractivity contribution < 1.29 is 32.4 Å². The van der Waals surface area contributed by atoms with E-state index in [1.54, 1.807) is 0 Å². The van der Waals surface area contributed by atoms with E-state index in [-0.39, 0.29) is 41.2 Å². The summed E-state index contributed by atoms with van der Waals surface area (Å²) in [5.74, 6) is -2.57. The van der Waals surface area contributed by atoms with Crippen LogP contribution < -0.4 is 21.7 Å². The third-order valence-corrected chi connectivity index (χ3v) is 12.6. The first-order valence-electron chi connectivity index (χ1n) is 17.8. The minimum atomic E-state index is -3.45. The molecule has 5 N–H and O–H groups in total. The fourth-order valence-electron chi connectivity index (χ4n) is 6.98. The van der Waals surface area contributed by atoms with Crippen LogP contribution in [0.3, 0.4) is 0 Å². The molecular weight excluding hydrogens is 634 g/mol. The van der Waals surface area contributed by atoms with E-state index in [0.29, 0.717) is 32.1 Å². The molecule has 3 rings (SSSR count). The molecule has 5 amide bonds. The molecule has 1 heterocycles. The van der Waals surface area contributed by atoms with Gasteiger partial charge in [-0.1, -0.05) is 87.5 Å². The Morgan fingerprint density at radius 3 is 2.10 bits per heavy atom. The molecule has 2 saturated carbocycles. The summed E-state index contributed by atoms with van der Waals surface area (Å²) in [7, 11) is -3.45. The monoisotopic (exact) mass is 695 g/mol. The smallest absolute Gasteiger partial charge is 0.315 e. The van der Waals surface area contributed by atoms with Crippen LogP contribution in [0.2, 0.25) is 0 Å². The number of hydrogen-bond donors (Lipinski definition) is 4. The molecule has 0 bridgehead atoms. The van der Waals surface area contributed by atoms with Gasteiger partial charge in [0.15, 0.2) is 9.84 Å². The SMILES string of the molecule is CC(C)CCS(=O)(=O)CC1(NC(=O)N[C@H](C(=O)N2CC(C)C(C)(C)C[C@H]2C(=O)NC(CC2CC2)C(=O)C(N)=O)C(C)(C)C)CCCCC1. The van der Waals surface area contributed by atoms with Gasteiger partial charge in [0.25, 0.3) is 5.91 Å². The molecule has 274 valence electrons. The number of nitrogens with one attached hydrogen (secondary N) is 3. The van der Waals surface area contributed by atoms with Gasteiger partial charge in [0.1, 0.15) is 12.1 Å². The van der Waals surface area contributed by atoms with Crippen LogP contribution in [0.1, 0.15) is 120 Å². The minimum absolute atomic E-state index is 0.0102. The van der Waals surface area contributed by atoms with Crippen LogP contribution in [0.15, 0.2) is 0 Å². The molecule has 13 heteroatoms. The van der Waals surface area contributed by atoms with Gasteiger partial charge in [0, 0.05) is 6.54 Å². The number of sulfone groups is 1. The third kappa shape index (κ3) is 10.9. The van der Waals surface area contributed by atoms with E-state index in [9.17, 15) is 32.4 Å². The van der Waals surface area contributed by atoms with Gasteiger partial charge in [-0.25, -0.2) is 13.2 Å². The molecular formula is C35H61N5O7S. The van der Waals surface area contributed by atoms with E-state index in [1.165, 1.54) is 4.90 Å². The molecule has 0 aromatic rings. The average Bonchev–Trinajstić information content (AvgIpc) is 3.78. The van der Waals surface area contributed by atoms with E-state index in [0.717, 1.165) is 32.1 Å². The average molecular weight is 696 g/mol. The van der Waals surface area contributed by atoms with Crippen molar-refractivity contribution in [3.63, 3.8) is 0 Å². The summed E-state index contributed by atoms with van der Waals surface area (Å²) < 4.78 is 26.3. The third-order valence-electron chi connectivity index (χ3n) is 10.7. The zero-order valence-corrected chi connectivity index (χ0v) is 31.3. The number of likely N-dealkylation sites (tertiary alicyclic amines) is 1. The predicted molar refractivity (Wildman–Crippen MR) is 185 cm³/mol. The first-order chi connectivity index (χ1) is 22.1. The summed E-state index contributed by atoms with van der Waals surface area (Å²) in [5, 5.41) is 8.64. The second-order valence-electron chi connectivity index (χ2n) is 17.1. The van der Waals surface area contributed by atoms with E-state index >= 15 is 0 Å². The Labute approximate surface area is 287 Å². The van der Waals surface area contributed by atoms with Crippen molar-refractivity contribution in [2.75, 3.05) is 18.1 Å². The Hall–Kier alpha value is -2.70. The molecule has 12 nitrogen and oxygen atoms in total. The lowest BCUT2D eigenvalue weighted by atomic mass is 9.71. The number of ketones is 1. The molecule has 3 fully saturated rings. The standard InChI is InChI=1S/C35H61N5O7S/c1-22(2)14-17-48(46,47)21-35(15-10-9-11-16-35)39-32(45)38-28(33(4,5)6)31(44)40-20-23(3)34(7,8)19-26(40)30(43)37-25(18-24-12-13-24)27(41)29(36)42/h22-26,28H,9-21H2,1-8H3,(H2,36,42)(H,37,43)(H2,38,39,45)/t23?,25?,26-,28+/m0/s1. The van der Waals surface area contributed by atoms with Gasteiger partial charge < -0.3 is 26.6 Å². The number of rotatable bonds is 14. The van der Waals surface area contributed by atoms with Crippen LogP contribution >= 0.6 is 0 Å². The maximum atomic E-state index is 14.5. The fourth-order valence-corrected chi connectivity index (χ4v) is 9.16. The summed E-state index contributed by atoms with van der Waals surface area (Å²) in [4.78, 5) is 68.1. The maximum Gasteiger partial charge on any atom is 0.315 e. The van der Waals surface area contributed by atoms with Gasteiger partial charge in [-0.3, -0.25) is 19.2 Å². The first kappa shape index (κ1) is 39.7. The molecule has 4 atom stereocenters. The van der Waals surface area contributed by atoms with Gasteiger partial charge in [-0.05, 0) is 60.7 Å². The largest absolute Gasteiger partial charge is 0.363 e. The fraction of sp³-hybridized carbons (Fsp3) is 0.857. The number of nitrogens with two attached hydrogens (primary N) is 1. The zero-order valence-electron chi connectivity index (χ0n) is 30.4. The summed E-state index contributed by atoms with van der Waals surface area (Å²) in [6.45, 7) is 15.8. The van der Waals surface area contributed by atoms with Crippen molar-refractivity contribution in [2.24, 2.45) is 34.3 Å². The number of hydrogen-bond acceptors (Lipinski definition) is 7. The van der Waals surface area contributed by atoms with E-state index < -0.39 is 68.5 Å². The maximum absolute atomic E-state index is 14.5. The number of Topliss-reactive ketones (excluding diaryl/α,β-unsaturated/α-hetero) is 1. The number of carbonyl (C=O) groups excluding carboxylic acids is 5. The van der Waals surface area contributed by atoms with E-state index in [2.05, 4.69) is 16.0 Å². The first-order valence-corrected chi connectivity index (χ1v) is 19.6. The summed E-state index contributed by atoms with van der Waals surface area (Å²) in [6.07, 6.45) is 6.59. The Morgan fingerprint density at radius 2 is 1.58 bits per heavy atom. The number of primary amides is 1. The van der Waals surface area contributed by atoms with Crippen molar-refractivity contribution in [3.05, 3.63) is 0 Å². The molecule has 0 aromatic heterocycles. The lowest BCUT2D eigenvalue weighted by Crippen LogP contribution is -2.66. The molecule has 1 saturated heterocycles. The minimum Gasteiger partial charge on any atom is -0.363 e. The van der Waals surface area contributed by atoms with Crippen LogP contribution in [0, 0.1) is 28.6 Å². The highest BCUT2D eigenvalue weighted by atomic mass is 32.2. The summed E-state index contributed by atoms with van der Waals surface area (Å²) >= 11 is 0. The van der Waals surface area contributed by atoms with Crippen LogP contribution in [0.4, 0.5) is 4.79 Å². The number of urea groups is 1. The van der Waals surface area contributed by atoms with Crippen molar-refractivity contribution in [2.45, 2.75) is 143 Å². The molecule has 0 spiro atoms. The number of carbonyl (C=O) groups is 5. The Bertz CT molecular complexity index is 1310. The summed E-state index contributed by atoms with van der Waals surface area (Å²) in [5.41, 5.74) is 3.28. The highest BCUT2D eigenvalue weighted by molar-refractivity contribution is 7.91. The zero-order chi connectivity index (χ0) is 36.2. The highest BCUT2D eigenvalue weighted by Crippen LogP contribution is 2.40. The lowest BCUT2D eigenvalue weighted by Gasteiger charge is -2.49. The van der Waals surface area contributed by atoms with Crippen molar-refractivity contribution >= 4 is 39.4 Å². The van der Waals surface area contributed by atoms with Crippen molar-refractivity contribution in [1.29, 1.82) is 0 Å². The Kier molecular flexibility index (Phi) is 12.8. The Morgan fingerprint density at radius 1 is 0.979 bits per heavy atom. The molecule has 2 aliphatic carbocycles. The molecule has 3 aliphatic rings.